The van der Waals surface area contributed by atoms with Crippen molar-refractivity contribution in [2.45, 2.75) is 48.2 Å². The van der Waals surface area contributed by atoms with Crippen molar-refractivity contribution in [3.05, 3.63) is 0 Å². The molecule has 0 spiro atoms. The minimum Gasteiger partial charge on any atom is -0.339 e. The molecule has 0 bridgehead atoms. The van der Waals surface area contributed by atoms with Crippen LogP contribution in [0.1, 0.15) is 32.1 Å². The van der Waals surface area contributed by atoms with Crippen molar-refractivity contribution in [1.29, 1.82) is 0 Å². The first-order valence-electron chi connectivity index (χ1n) is 5.69. The molecule has 0 N–H and O–H groups in total. The van der Waals surface area contributed by atoms with E-state index in [0.717, 1.165) is 24.6 Å². The summed E-state index contributed by atoms with van der Waals surface area (Å²) in [5.74, 6) is 0.327. The van der Waals surface area contributed by atoms with Gasteiger partial charge in [-0.25, -0.2) is 0 Å². The van der Waals surface area contributed by atoms with Crippen molar-refractivity contribution in [2.24, 2.45) is 0 Å². The molecule has 1 saturated heterocycles. The van der Waals surface area contributed by atoms with Gasteiger partial charge in [-0.05, 0) is 38.4 Å². The van der Waals surface area contributed by atoms with E-state index in [1.54, 1.807) is 0 Å². The number of piperidine rings is 1. The van der Waals surface area contributed by atoms with Gasteiger partial charge in [0.05, 0.1) is 4.83 Å². The Kier molecular flexibility index (Phi) is 3.99. The molecule has 0 aromatic carbocycles. The molecule has 86 valence electrons. The molecule has 2 nitrogen and oxygen atoms in total. The molecule has 2 fully saturated rings. The second-order valence-electron chi connectivity index (χ2n) is 4.47. The van der Waals surface area contributed by atoms with E-state index in [2.05, 4.69) is 27.1 Å². The van der Waals surface area contributed by atoms with Crippen LogP contribution in [0.2, 0.25) is 0 Å². The number of thioether (sulfide) groups is 1. The van der Waals surface area contributed by atoms with Crippen LogP contribution in [0.15, 0.2) is 0 Å². The average molecular weight is 292 g/mol. The smallest absolute Gasteiger partial charge is 0.236 e. The lowest BCUT2D eigenvalue weighted by Crippen LogP contribution is -2.46. The zero-order valence-electron chi connectivity index (χ0n) is 9.12. The summed E-state index contributed by atoms with van der Waals surface area (Å²) in [6.45, 7) is 0.979. The summed E-state index contributed by atoms with van der Waals surface area (Å²) < 4.78 is 0. The van der Waals surface area contributed by atoms with E-state index in [1.807, 2.05) is 11.8 Å². The molecule has 3 atom stereocenters. The number of nitrogens with zero attached hydrogens (tertiary/aromatic N) is 1. The van der Waals surface area contributed by atoms with Gasteiger partial charge in [-0.15, -0.1) is 0 Å². The molecule has 4 heteroatoms. The molecule has 3 unspecified atom stereocenters. The number of carbonyl (C=O) groups is 1. The van der Waals surface area contributed by atoms with Crippen LogP contribution >= 0.6 is 27.7 Å². The third-order valence-corrected chi connectivity index (χ3v) is 5.48. The summed E-state index contributed by atoms with van der Waals surface area (Å²) in [7, 11) is 0. The fourth-order valence-electron chi connectivity index (χ4n) is 2.63. The molecule has 1 amide bonds. The van der Waals surface area contributed by atoms with Gasteiger partial charge in [0.2, 0.25) is 5.91 Å². The lowest BCUT2D eigenvalue weighted by molar-refractivity contribution is -0.134. The van der Waals surface area contributed by atoms with E-state index in [4.69, 9.17) is 0 Å². The molecule has 1 heterocycles. The molecule has 2 rings (SSSR count). The Labute approximate surface area is 104 Å². The maximum absolute atomic E-state index is 12.0. The van der Waals surface area contributed by atoms with Crippen molar-refractivity contribution in [2.75, 3.05) is 12.8 Å². The van der Waals surface area contributed by atoms with E-state index < -0.39 is 0 Å². The number of halogens is 1. The minimum absolute atomic E-state index is 0.0829. The van der Waals surface area contributed by atoms with Gasteiger partial charge in [-0.3, -0.25) is 4.79 Å². The van der Waals surface area contributed by atoms with Crippen molar-refractivity contribution in [1.82, 2.24) is 4.90 Å². The van der Waals surface area contributed by atoms with Gasteiger partial charge < -0.3 is 4.90 Å². The summed E-state index contributed by atoms with van der Waals surface area (Å²) >= 11 is 5.43. The Hall–Kier alpha value is 0.300. The molecule has 0 aromatic heterocycles. The topological polar surface area (TPSA) is 20.3 Å². The predicted molar refractivity (Wildman–Crippen MR) is 68.6 cm³/mol. The predicted octanol–water partition coefficient (Wildman–Crippen LogP) is 2.66. The Balaban J connectivity index is 1.95. The third-order valence-electron chi connectivity index (χ3n) is 3.54. The zero-order chi connectivity index (χ0) is 10.8. The highest BCUT2D eigenvalue weighted by Crippen LogP contribution is 2.33. The fourth-order valence-corrected chi connectivity index (χ4v) is 4.00. The van der Waals surface area contributed by atoms with Crippen molar-refractivity contribution >= 4 is 33.6 Å². The van der Waals surface area contributed by atoms with Gasteiger partial charge >= 0.3 is 0 Å². The van der Waals surface area contributed by atoms with Crippen LogP contribution in [0.5, 0.6) is 0 Å². The second-order valence-corrected chi connectivity index (χ2v) is 6.71. The summed E-state index contributed by atoms with van der Waals surface area (Å²) in [4.78, 5) is 14.2. The van der Waals surface area contributed by atoms with Gasteiger partial charge in [0.15, 0.2) is 0 Å². The van der Waals surface area contributed by atoms with Gasteiger partial charge in [0, 0.05) is 17.8 Å². The molecule has 1 saturated carbocycles. The summed E-state index contributed by atoms with van der Waals surface area (Å²) in [5, 5.41) is 0.776. The highest BCUT2D eigenvalue weighted by atomic mass is 79.9. The van der Waals surface area contributed by atoms with Crippen molar-refractivity contribution < 1.29 is 4.79 Å². The van der Waals surface area contributed by atoms with Crippen molar-refractivity contribution in [3.8, 4) is 0 Å². The van der Waals surface area contributed by atoms with Crippen LogP contribution in [-0.4, -0.2) is 39.7 Å². The van der Waals surface area contributed by atoms with Crippen LogP contribution in [0, 0.1) is 0 Å². The number of alkyl halides is 1. The Morgan fingerprint density at radius 3 is 2.87 bits per heavy atom. The largest absolute Gasteiger partial charge is 0.339 e. The fraction of sp³-hybridized carbons (Fsp3) is 0.909. The monoisotopic (exact) mass is 291 g/mol. The van der Waals surface area contributed by atoms with Gasteiger partial charge in [0.25, 0.3) is 0 Å². The molecule has 1 aliphatic heterocycles. The Morgan fingerprint density at radius 2 is 2.20 bits per heavy atom. The molecule has 0 aromatic rings. The highest BCUT2D eigenvalue weighted by Gasteiger charge is 2.35. The van der Waals surface area contributed by atoms with Gasteiger partial charge in [-0.1, -0.05) is 15.9 Å². The SMILES string of the molecule is CSC1CCC(N2CCCC(Br)C2=O)C1. The summed E-state index contributed by atoms with van der Waals surface area (Å²) in [6.07, 6.45) is 8.03. The minimum atomic E-state index is 0.0829. The zero-order valence-corrected chi connectivity index (χ0v) is 11.5. The quantitative estimate of drug-likeness (QED) is 0.729. The number of likely N-dealkylation sites (tertiary alicyclic amines) is 1. The first-order valence-corrected chi connectivity index (χ1v) is 7.90. The highest BCUT2D eigenvalue weighted by molar-refractivity contribution is 9.10. The first kappa shape index (κ1) is 11.8. The first-order chi connectivity index (χ1) is 7.22. The van der Waals surface area contributed by atoms with E-state index >= 15 is 0 Å². The Bertz CT molecular complexity index is 249. The van der Waals surface area contributed by atoms with Crippen molar-refractivity contribution in [3.63, 3.8) is 0 Å². The standard InChI is InChI=1S/C11H18BrNOS/c1-15-9-5-4-8(7-9)13-6-2-3-10(12)11(13)14/h8-10H,2-7H2,1H3. The molecule has 2 aliphatic rings. The molecule has 0 radical (unpaired) electrons. The second kappa shape index (κ2) is 5.09. The number of amides is 1. The van der Waals surface area contributed by atoms with Crippen LogP contribution in [-0.2, 0) is 4.79 Å². The molecule has 15 heavy (non-hydrogen) atoms. The molecular weight excluding hydrogens is 274 g/mol. The maximum Gasteiger partial charge on any atom is 0.236 e. The van der Waals surface area contributed by atoms with E-state index in [9.17, 15) is 4.79 Å². The Morgan fingerprint density at radius 1 is 1.40 bits per heavy atom. The van der Waals surface area contributed by atoms with Crippen LogP contribution in [0.25, 0.3) is 0 Å². The van der Waals surface area contributed by atoms with E-state index in [1.165, 1.54) is 19.3 Å². The van der Waals surface area contributed by atoms with Gasteiger partial charge in [0.1, 0.15) is 0 Å². The van der Waals surface area contributed by atoms with Crippen LogP contribution in [0.4, 0.5) is 0 Å². The number of carbonyl (C=O) groups excluding carboxylic acids is 1. The summed E-state index contributed by atoms with van der Waals surface area (Å²) in [5.41, 5.74) is 0. The molecular formula is C11H18BrNOS. The van der Waals surface area contributed by atoms with Crippen LogP contribution < -0.4 is 0 Å². The van der Waals surface area contributed by atoms with Gasteiger partial charge in [-0.2, -0.15) is 11.8 Å². The van der Waals surface area contributed by atoms with Crippen LogP contribution in [0.3, 0.4) is 0 Å². The van der Waals surface area contributed by atoms with E-state index in [0.29, 0.717) is 11.9 Å². The average Bonchev–Trinajstić information content (AvgIpc) is 2.70. The maximum atomic E-state index is 12.0. The molecule has 1 aliphatic carbocycles. The number of hydrogen-bond acceptors (Lipinski definition) is 2. The van der Waals surface area contributed by atoms with E-state index in [-0.39, 0.29) is 4.83 Å². The normalized spacial score (nSPS) is 37.3. The number of rotatable bonds is 2. The number of hydrogen-bond donors (Lipinski definition) is 0. The third kappa shape index (κ3) is 2.52. The lowest BCUT2D eigenvalue weighted by Gasteiger charge is -2.34. The summed E-state index contributed by atoms with van der Waals surface area (Å²) in [6, 6.07) is 0.523. The lowest BCUT2D eigenvalue weighted by atomic mass is 10.1.